The number of hydrogen-bond donors (Lipinski definition) is 2. The van der Waals surface area contributed by atoms with Crippen LogP contribution in [0.2, 0.25) is 0 Å². The first-order valence-corrected chi connectivity index (χ1v) is 3.44. The lowest BCUT2D eigenvalue weighted by Crippen LogP contribution is -2.14. The van der Waals surface area contributed by atoms with Crippen molar-refractivity contribution in [3.63, 3.8) is 0 Å². The van der Waals surface area contributed by atoms with E-state index >= 15 is 0 Å². The van der Waals surface area contributed by atoms with Gasteiger partial charge >= 0.3 is 0 Å². The van der Waals surface area contributed by atoms with Crippen molar-refractivity contribution in [2.24, 2.45) is 16.8 Å². The highest BCUT2D eigenvalue weighted by molar-refractivity contribution is 5.86. The maximum absolute atomic E-state index is 5.25. The highest BCUT2D eigenvalue weighted by Crippen LogP contribution is 2.30. The van der Waals surface area contributed by atoms with Crippen molar-refractivity contribution in [2.75, 3.05) is 0 Å². The van der Waals surface area contributed by atoms with E-state index in [1.54, 1.807) is 0 Å². The fourth-order valence-electron chi connectivity index (χ4n) is 0.752. The lowest BCUT2D eigenvalue weighted by molar-refractivity contribution is 0.862. The molecule has 0 aliphatic heterocycles. The molecule has 0 unspecified atom stereocenters. The van der Waals surface area contributed by atoms with Gasteiger partial charge in [0.15, 0.2) is 0 Å². The third kappa shape index (κ3) is 2.09. The minimum absolute atomic E-state index is 0.403. The molecule has 0 aromatic carbocycles. The topological polar surface area (TPSA) is 50.4 Å². The summed E-state index contributed by atoms with van der Waals surface area (Å²) in [6.45, 7) is 5.47. The zero-order valence-corrected chi connectivity index (χ0v) is 6.22. The van der Waals surface area contributed by atoms with Crippen LogP contribution < -0.4 is 11.2 Å². The molecule has 0 atom stereocenters. The molecule has 3 nitrogen and oxygen atoms in total. The summed E-state index contributed by atoms with van der Waals surface area (Å²) in [6, 6.07) is 0. The molecule has 0 saturated heterocycles. The number of hydrogen-bond acceptors (Lipinski definition) is 3. The Morgan fingerprint density at radius 2 is 2.30 bits per heavy atom. The Morgan fingerprint density at radius 3 is 2.70 bits per heavy atom. The fourth-order valence-corrected chi connectivity index (χ4v) is 0.752. The van der Waals surface area contributed by atoms with E-state index in [-0.39, 0.29) is 0 Å². The second-order valence-corrected chi connectivity index (χ2v) is 2.66. The van der Waals surface area contributed by atoms with Crippen LogP contribution in [-0.4, -0.2) is 5.71 Å². The summed E-state index contributed by atoms with van der Waals surface area (Å²) in [7, 11) is 0. The Morgan fingerprint density at radius 1 is 1.70 bits per heavy atom. The first-order valence-electron chi connectivity index (χ1n) is 3.44. The molecule has 0 aromatic rings. The zero-order valence-electron chi connectivity index (χ0n) is 6.22. The lowest BCUT2D eigenvalue weighted by atomic mass is 10.3. The van der Waals surface area contributed by atoms with Crippen molar-refractivity contribution in [3.05, 3.63) is 12.4 Å². The average molecular weight is 139 g/mol. The van der Waals surface area contributed by atoms with Gasteiger partial charge in [0, 0.05) is 5.71 Å². The van der Waals surface area contributed by atoms with Gasteiger partial charge in [0.05, 0.1) is 0 Å². The highest BCUT2D eigenvalue weighted by Gasteiger charge is 2.24. The van der Waals surface area contributed by atoms with Crippen LogP contribution in [0.4, 0.5) is 0 Å². The summed E-state index contributed by atoms with van der Waals surface area (Å²) < 4.78 is 0. The minimum Gasteiger partial charge on any atom is -0.385 e. The predicted molar refractivity (Wildman–Crippen MR) is 42.3 cm³/mol. The molecular formula is C7H13N3. The fraction of sp³-hybridized carbons (Fsp3) is 0.571. The first kappa shape index (κ1) is 7.12. The van der Waals surface area contributed by atoms with E-state index in [2.05, 4.69) is 17.1 Å². The van der Waals surface area contributed by atoms with Gasteiger partial charge in [-0.15, -0.1) is 0 Å². The molecule has 10 heavy (non-hydrogen) atoms. The second kappa shape index (κ2) is 2.73. The minimum atomic E-state index is 0.403. The Balaban J connectivity index is 2.30. The summed E-state index contributed by atoms with van der Waals surface area (Å²) in [5.74, 6) is 1.10. The van der Waals surface area contributed by atoms with Crippen LogP contribution in [0, 0.1) is 5.92 Å². The molecule has 3 heteroatoms. The molecule has 1 aliphatic rings. The number of rotatable bonds is 3. The first-order chi connectivity index (χ1) is 4.70. The molecule has 1 fully saturated rings. The molecule has 0 spiro atoms. The molecule has 3 N–H and O–H groups in total. The van der Waals surface area contributed by atoms with Crippen molar-refractivity contribution in [2.45, 2.75) is 19.8 Å². The number of nitrogens with one attached hydrogen (secondary N) is 1. The molecular weight excluding hydrogens is 126 g/mol. The zero-order chi connectivity index (χ0) is 7.56. The Bertz CT molecular complexity index is 168. The summed E-state index contributed by atoms with van der Waals surface area (Å²) in [5.41, 5.74) is 9.02. The highest BCUT2D eigenvalue weighted by atomic mass is 15.3. The van der Waals surface area contributed by atoms with Gasteiger partial charge in [-0.2, -0.15) is 5.10 Å². The maximum Gasteiger partial charge on any atom is 0.109 e. The van der Waals surface area contributed by atoms with Gasteiger partial charge in [0.25, 0.3) is 0 Å². The molecule has 0 aromatic heterocycles. The monoisotopic (exact) mass is 139 g/mol. The van der Waals surface area contributed by atoms with E-state index in [0.717, 1.165) is 5.71 Å². The van der Waals surface area contributed by atoms with Crippen molar-refractivity contribution >= 4 is 5.71 Å². The summed E-state index contributed by atoms with van der Waals surface area (Å²) in [5, 5.41) is 4.03. The third-order valence-corrected chi connectivity index (χ3v) is 1.54. The van der Waals surface area contributed by atoms with Crippen molar-refractivity contribution < 1.29 is 0 Å². The molecule has 1 aliphatic carbocycles. The van der Waals surface area contributed by atoms with Gasteiger partial charge in [-0.3, -0.25) is 5.43 Å². The average Bonchev–Trinajstić information content (AvgIpc) is 2.63. The Labute approximate surface area is 61.0 Å². The Kier molecular flexibility index (Phi) is 1.94. The van der Waals surface area contributed by atoms with Gasteiger partial charge in [-0.05, 0) is 25.7 Å². The van der Waals surface area contributed by atoms with Gasteiger partial charge in [0.2, 0.25) is 0 Å². The van der Waals surface area contributed by atoms with Crippen LogP contribution in [0.5, 0.6) is 0 Å². The predicted octanol–water partition coefficient (Wildman–Crippen LogP) is 0.792. The molecule has 0 heterocycles. The van der Waals surface area contributed by atoms with Crippen LogP contribution in [0.1, 0.15) is 19.8 Å². The maximum atomic E-state index is 5.25. The molecule has 0 amide bonds. The van der Waals surface area contributed by atoms with Gasteiger partial charge in [0.1, 0.15) is 5.82 Å². The van der Waals surface area contributed by atoms with E-state index in [1.807, 2.05) is 6.92 Å². The van der Waals surface area contributed by atoms with E-state index in [4.69, 9.17) is 5.73 Å². The van der Waals surface area contributed by atoms with E-state index in [0.29, 0.717) is 11.7 Å². The lowest BCUT2D eigenvalue weighted by Gasteiger charge is -1.98. The quantitative estimate of drug-likeness (QED) is 0.448. The van der Waals surface area contributed by atoms with Crippen molar-refractivity contribution in [1.29, 1.82) is 0 Å². The van der Waals surface area contributed by atoms with E-state index < -0.39 is 0 Å². The van der Waals surface area contributed by atoms with Crippen LogP contribution in [0.3, 0.4) is 0 Å². The van der Waals surface area contributed by atoms with Gasteiger partial charge < -0.3 is 5.73 Å². The molecule has 0 radical (unpaired) electrons. The third-order valence-electron chi connectivity index (χ3n) is 1.54. The normalized spacial score (nSPS) is 18.7. The molecule has 1 rings (SSSR count). The Hall–Kier alpha value is -0.990. The van der Waals surface area contributed by atoms with Crippen molar-refractivity contribution in [1.82, 2.24) is 5.43 Å². The van der Waals surface area contributed by atoms with Gasteiger partial charge in [-0.25, -0.2) is 0 Å². The van der Waals surface area contributed by atoms with Crippen molar-refractivity contribution in [3.8, 4) is 0 Å². The summed E-state index contributed by atoms with van der Waals surface area (Å²) in [4.78, 5) is 0. The van der Waals surface area contributed by atoms with Crippen LogP contribution >= 0.6 is 0 Å². The smallest absolute Gasteiger partial charge is 0.109 e. The standard InChI is InChI=1S/C7H13N3/c1-5(7-3-4-7)9-10-6(2)8/h7,10H,2-4,8H2,1H3/b9-5+. The van der Waals surface area contributed by atoms with E-state index in [9.17, 15) is 0 Å². The van der Waals surface area contributed by atoms with Gasteiger partial charge in [-0.1, -0.05) is 6.58 Å². The molecule has 1 saturated carbocycles. The largest absolute Gasteiger partial charge is 0.385 e. The SMILES string of the molecule is C=C(N)N/N=C(\C)C1CC1. The van der Waals surface area contributed by atoms with Crippen LogP contribution in [-0.2, 0) is 0 Å². The number of hydrazone groups is 1. The summed E-state index contributed by atoms with van der Waals surface area (Å²) >= 11 is 0. The van der Waals surface area contributed by atoms with E-state index in [1.165, 1.54) is 12.8 Å². The second-order valence-electron chi connectivity index (χ2n) is 2.66. The number of nitrogens with two attached hydrogens (primary N) is 1. The van der Waals surface area contributed by atoms with Crippen LogP contribution in [0.15, 0.2) is 17.5 Å². The molecule has 56 valence electrons. The summed E-state index contributed by atoms with van der Waals surface area (Å²) in [6.07, 6.45) is 2.54. The number of nitrogens with zero attached hydrogens (tertiary/aromatic N) is 1. The van der Waals surface area contributed by atoms with Crippen LogP contribution in [0.25, 0.3) is 0 Å². The molecule has 0 bridgehead atoms.